The van der Waals surface area contributed by atoms with E-state index in [2.05, 4.69) is 266 Å². The van der Waals surface area contributed by atoms with Gasteiger partial charge in [0.2, 0.25) is 0 Å². The number of nitrogens with zero attached hydrogens (tertiary/aromatic N) is 2. The average molecular weight is 941 g/mol. The first-order chi connectivity index (χ1) is 33.7. The summed E-state index contributed by atoms with van der Waals surface area (Å²) < 4.78 is 5.02. The quantitative estimate of drug-likeness (QED) is 0.167. The maximum Gasteiger partial charge on any atom is 0.0541 e. The first-order valence-electron chi connectivity index (χ1n) is 26.5. The SMILES string of the molecule is CC(C)(C)c1ccc2c(c1)c1cc(C(C)(C)C)ccc1n2-c1ccc2c(c1)C(C)(C)c1cc(-c3ccc4c(c3)C(C)(C)c3cc(-n5c6ccc(C(C)(C)C)cc6c6cc(C(C)(C)C)ccc65)ccc3-4)ccc1-2. The van der Waals surface area contributed by atoms with Crippen molar-refractivity contribution >= 4 is 43.6 Å². The van der Waals surface area contributed by atoms with E-state index in [9.17, 15) is 0 Å². The number of rotatable bonds is 3. The molecular weight excluding hydrogens is 869 g/mol. The molecule has 2 aromatic heterocycles. The lowest BCUT2D eigenvalue weighted by molar-refractivity contribution is 0.590. The summed E-state index contributed by atoms with van der Waals surface area (Å²) in [7, 11) is 0. The topological polar surface area (TPSA) is 9.86 Å². The van der Waals surface area contributed by atoms with Gasteiger partial charge in [-0.1, -0.05) is 171 Å². The van der Waals surface area contributed by atoms with E-state index in [1.54, 1.807) is 0 Å². The fourth-order valence-corrected chi connectivity index (χ4v) is 12.6. The molecule has 0 aliphatic heterocycles. The van der Waals surface area contributed by atoms with Gasteiger partial charge in [-0.25, -0.2) is 0 Å². The number of fused-ring (bicyclic) bond motifs is 12. The Morgan fingerprint density at radius 2 is 0.528 bits per heavy atom. The molecule has 2 heteroatoms. The highest BCUT2D eigenvalue weighted by atomic mass is 15.0. The molecular formula is C70H72N2. The third kappa shape index (κ3) is 6.87. The van der Waals surface area contributed by atoms with Crippen LogP contribution in [0.4, 0.5) is 0 Å². The number of benzene rings is 8. The summed E-state index contributed by atoms with van der Waals surface area (Å²) in [6, 6.07) is 57.5. The Bertz CT molecular complexity index is 3540. The van der Waals surface area contributed by atoms with E-state index in [0.29, 0.717) is 0 Å². The lowest BCUT2D eigenvalue weighted by Crippen LogP contribution is -2.16. The van der Waals surface area contributed by atoms with Gasteiger partial charge in [0.05, 0.1) is 22.1 Å². The number of hydrogen-bond acceptors (Lipinski definition) is 0. The highest BCUT2D eigenvalue weighted by molar-refractivity contribution is 6.11. The first kappa shape index (κ1) is 46.4. The van der Waals surface area contributed by atoms with Crippen LogP contribution in [0.5, 0.6) is 0 Å². The van der Waals surface area contributed by atoms with Crippen LogP contribution in [0.1, 0.15) is 155 Å². The van der Waals surface area contributed by atoms with E-state index in [-0.39, 0.29) is 32.5 Å². The maximum absolute atomic E-state index is 2.51. The molecule has 2 nitrogen and oxygen atoms in total. The van der Waals surface area contributed by atoms with Crippen LogP contribution in [0.3, 0.4) is 0 Å². The maximum atomic E-state index is 2.51. The van der Waals surface area contributed by atoms with Gasteiger partial charge in [-0.2, -0.15) is 0 Å². The molecule has 2 aliphatic rings. The third-order valence-corrected chi connectivity index (χ3v) is 17.2. The van der Waals surface area contributed by atoms with Crippen molar-refractivity contribution in [1.29, 1.82) is 0 Å². The summed E-state index contributed by atoms with van der Waals surface area (Å²) in [6.07, 6.45) is 0. The molecule has 2 aliphatic carbocycles. The molecule has 0 radical (unpaired) electrons. The summed E-state index contributed by atoms with van der Waals surface area (Å²) in [5, 5.41) is 5.30. The van der Waals surface area contributed by atoms with Crippen molar-refractivity contribution in [2.75, 3.05) is 0 Å². The van der Waals surface area contributed by atoms with Crippen molar-refractivity contribution in [3.8, 4) is 44.8 Å². The molecule has 0 bridgehead atoms. The monoisotopic (exact) mass is 941 g/mol. The fraction of sp³-hybridized carbons (Fsp3) is 0.314. The Morgan fingerprint density at radius 3 is 0.792 bits per heavy atom. The van der Waals surface area contributed by atoms with Crippen molar-refractivity contribution in [3.05, 3.63) is 190 Å². The molecule has 0 atom stereocenters. The van der Waals surface area contributed by atoms with Crippen LogP contribution < -0.4 is 0 Å². The van der Waals surface area contributed by atoms with Crippen LogP contribution >= 0.6 is 0 Å². The van der Waals surface area contributed by atoms with Gasteiger partial charge in [-0.05, 0) is 184 Å². The minimum atomic E-state index is -0.188. The molecule has 72 heavy (non-hydrogen) atoms. The molecule has 0 saturated carbocycles. The summed E-state index contributed by atoms with van der Waals surface area (Å²) in [4.78, 5) is 0. The zero-order valence-electron chi connectivity index (χ0n) is 45.8. The van der Waals surface area contributed by atoms with Crippen LogP contribution in [0, 0.1) is 0 Å². The Kier molecular flexibility index (Phi) is 9.66. The van der Waals surface area contributed by atoms with Gasteiger partial charge in [0.25, 0.3) is 0 Å². The molecule has 0 amide bonds. The highest BCUT2D eigenvalue weighted by Gasteiger charge is 2.39. The van der Waals surface area contributed by atoms with Gasteiger partial charge in [0.15, 0.2) is 0 Å². The molecule has 0 fully saturated rings. The normalized spacial score (nSPS) is 15.2. The lowest BCUT2D eigenvalue weighted by atomic mass is 9.80. The van der Waals surface area contributed by atoms with Crippen LogP contribution in [-0.4, -0.2) is 9.13 Å². The molecule has 362 valence electrons. The zero-order valence-corrected chi connectivity index (χ0v) is 45.8. The van der Waals surface area contributed by atoms with Crippen LogP contribution in [0.25, 0.3) is 88.4 Å². The van der Waals surface area contributed by atoms with Gasteiger partial charge >= 0.3 is 0 Å². The van der Waals surface area contributed by atoms with E-state index in [1.165, 1.54) is 133 Å². The summed E-state index contributed by atoms with van der Waals surface area (Å²) in [5.74, 6) is 0. The molecule has 2 heterocycles. The van der Waals surface area contributed by atoms with Crippen LogP contribution in [-0.2, 0) is 32.5 Å². The first-order valence-corrected chi connectivity index (χ1v) is 26.5. The summed E-state index contributed by atoms with van der Waals surface area (Å²) >= 11 is 0. The van der Waals surface area contributed by atoms with Gasteiger partial charge in [-0.15, -0.1) is 0 Å². The standard InChI is InChI=1S/C70H72N2/c1-65(2,3)43-19-29-61-53(35-43)54-36-44(66(4,5)6)20-30-62(54)71(61)47-23-27-51-49-25-17-41(33-57(49)69(13,14)59(51)39-47)42-18-26-50-52-28-24-48(40-60(52)70(15,16)58(50)34-42)72-63-31-21-45(67(7,8)9)37-55(63)56-38-46(68(10,11)12)22-32-64(56)72/h17-40H,1-16H3. The molecule has 0 unspecified atom stereocenters. The van der Waals surface area contributed by atoms with E-state index in [0.717, 1.165) is 0 Å². The number of hydrogen-bond donors (Lipinski definition) is 0. The molecule has 12 rings (SSSR count). The molecule has 8 aromatic carbocycles. The van der Waals surface area contributed by atoms with E-state index >= 15 is 0 Å². The molecule has 10 aromatic rings. The largest absolute Gasteiger partial charge is 0.309 e. The average Bonchev–Trinajstić information content (AvgIpc) is 3.97. The van der Waals surface area contributed by atoms with E-state index in [1.807, 2.05) is 0 Å². The van der Waals surface area contributed by atoms with Crippen molar-refractivity contribution < 1.29 is 0 Å². The van der Waals surface area contributed by atoms with Crippen LogP contribution in [0.15, 0.2) is 146 Å². The second-order valence-electron chi connectivity index (χ2n) is 26.8. The van der Waals surface area contributed by atoms with Crippen LogP contribution in [0.2, 0.25) is 0 Å². The van der Waals surface area contributed by atoms with Gasteiger partial charge in [-0.3, -0.25) is 0 Å². The van der Waals surface area contributed by atoms with E-state index in [4.69, 9.17) is 0 Å². The minimum Gasteiger partial charge on any atom is -0.309 e. The Balaban J connectivity index is 0.912. The summed E-state index contributed by atoms with van der Waals surface area (Å²) in [6.45, 7) is 37.5. The summed E-state index contributed by atoms with van der Waals surface area (Å²) in [5.41, 5.74) is 26.2. The van der Waals surface area contributed by atoms with Crippen molar-refractivity contribution in [2.45, 2.75) is 143 Å². The van der Waals surface area contributed by atoms with Gasteiger partial charge < -0.3 is 9.13 Å². The molecule has 0 N–H and O–H groups in total. The zero-order chi connectivity index (χ0) is 51.0. The second kappa shape index (κ2) is 15.0. The predicted octanol–water partition coefficient (Wildman–Crippen LogP) is 19.4. The van der Waals surface area contributed by atoms with Gasteiger partial charge in [0, 0.05) is 43.7 Å². The third-order valence-electron chi connectivity index (χ3n) is 17.2. The second-order valence-corrected chi connectivity index (χ2v) is 26.8. The Hall–Kier alpha value is -6.64. The van der Waals surface area contributed by atoms with Crippen molar-refractivity contribution in [2.24, 2.45) is 0 Å². The van der Waals surface area contributed by atoms with Crippen molar-refractivity contribution in [3.63, 3.8) is 0 Å². The molecule has 0 spiro atoms. The Labute approximate surface area is 428 Å². The fourth-order valence-electron chi connectivity index (χ4n) is 12.6. The molecule has 0 saturated heterocycles. The highest BCUT2D eigenvalue weighted by Crippen LogP contribution is 2.54. The van der Waals surface area contributed by atoms with Gasteiger partial charge in [0.1, 0.15) is 0 Å². The van der Waals surface area contributed by atoms with Crippen molar-refractivity contribution in [1.82, 2.24) is 9.13 Å². The smallest absolute Gasteiger partial charge is 0.0541 e. The lowest BCUT2D eigenvalue weighted by Gasteiger charge is -2.24. The van der Waals surface area contributed by atoms with E-state index < -0.39 is 0 Å². The Morgan fingerprint density at radius 1 is 0.278 bits per heavy atom. The number of aromatic nitrogens is 2. The predicted molar refractivity (Wildman–Crippen MR) is 310 cm³/mol. The minimum absolute atomic E-state index is 0.0571.